The molecule has 3 aromatic rings. The van der Waals surface area contributed by atoms with Gasteiger partial charge in [0.25, 0.3) is 5.91 Å². The third kappa shape index (κ3) is 4.43. The standard InChI is InChI=1S/C20H21N5O/c1-14-23-18(15-6-3-2-4-7-15)13-19(24-14)25-17-9-5-8-16(12-17)20(26)22-11-10-21/h2-9,12-13H,10-11,21H2,1H3,(H,22,26)(H,23,24,25). The smallest absolute Gasteiger partial charge is 0.251 e. The van der Waals surface area contributed by atoms with Gasteiger partial charge in [0.15, 0.2) is 0 Å². The quantitative estimate of drug-likeness (QED) is 0.637. The van der Waals surface area contributed by atoms with Crippen LogP contribution >= 0.6 is 0 Å². The van der Waals surface area contributed by atoms with Gasteiger partial charge in [0.1, 0.15) is 11.6 Å². The fourth-order valence-corrected chi connectivity index (χ4v) is 2.56. The molecule has 0 spiro atoms. The van der Waals surface area contributed by atoms with Gasteiger partial charge in [-0.3, -0.25) is 4.79 Å². The third-order valence-corrected chi connectivity index (χ3v) is 3.73. The maximum Gasteiger partial charge on any atom is 0.251 e. The SMILES string of the molecule is Cc1nc(Nc2cccc(C(=O)NCCN)c2)cc(-c2ccccc2)n1. The summed E-state index contributed by atoms with van der Waals surface area (Å²) < 4.78 is 0. The summed E-state index contributed by atoms with van der Waals surface area (Å²) in [7, 11) is 0. The average molecular weight is 347 g/mol. The number of carbonyl (C=O) groups is 1. The highest BCUT2D eigenvalue weighted by atomic mass is 16.1. The van der Waals surface area contributed by atoms with Gasteiger partial charge < -0.3 is 16.4 Å². The molecule has 0 radical (unpaired) electrons. The fourth-order valence-electron chi connectivity index (χ4n) is 2.56. The predicted octanol–water partition coefficient (Wildman–Crippen LogP) is 2.88. The van der Waals surface area contributed by atoms with Crippen molar-refractivity contribution in [1.82, 2.24) is 15.3 Å². The Morgan fingerprint density at radius 3 is 2.62 bits per heavy atom. The summed E-state index contributed by atoms with van der Waals surface area (Å²) in [6, 6.07) is 19.1. The Hall–Kier alpha value is -3.25. The van der Waals surface area contributed by atoms with Crippen molar-refractivity contribution in [2.75, 3.05) is 18.4 Å². The van der Waals surface area contributed by atoms with E-state index in [0.29, 0.717) is 30.3 Å². The molecular weight excluding hydrogens is 326 g/mol. The summed E-state index contributed by atoms with van der Waals surface area (Å²) in [5.74, 6) is 1.20. The van der Waals surface area contributed by atoms with Crippen molar-refractivity contribution in [1.29, 1.82) is 0 Å². The van der Waals surface area contributed by atoms with Gasteiger partial charge in [-0.2, -0.15) is 0 Å². The summed E-state index contributed by atoms with van der Waals surface area (Å²) in [6.07, 6.45) is 0. The Morgan fingerprint density at radius 2 is 1.85 bits per heavy atom. The largest absolute Gasteiger partial charge is 0.351 e. The lowest BCUT2D eigenvalue weighted by molar-refractivity contribution is 0.0955. The molecule has 6 heteroatoms. The minimum atomic E-state index is -0.150. The maximum absolute atomic E-state index is 12.1. The first-order valence-corrected chi connectivity index (χ1v) is 8.42. The molecule has 6 nitrogen and oxygen atoms in total. The number of hydrogen-bond donors (Lipinski definition) is 3. The van der Waals surface area contributed by atoms with E-state index in [1.807, 2.05) is 55.5 Å². The summed E-state index contributed by atoms with van der Waals surface area (Å²) >= 11 is 0. The summed E-state index contributed by atoms with van der Waals surface area (Å²) in [5.41, 5.74) is 8.64. The van der Waals surface area contributed by atoms with E-state index in [1.165, 1.54) is 0 Å². The maximum atomic E-state index is 12.1. The normalized spacial score (nSPS) is 10.4. The molecular formula is C20H21N5O. The van der Waals surface area contributed by atoms with Gasteiger partial charge in [-0.1, -0.05) is 36.4 Å². The van der Waals surface area contributed by atoms with Crippen molar-refractivity contribution in [3.63, 3.8) is 0 Å². The molecule has 26 heavy (non-hydrogen) atoms. The minimum Gasteiger partial charge on any atom is -0.351 e. The van der Waals surface area contributed by atoms with Crippen molar-refractivity contribution >= 4 is 17.4 Å². The zero-order valence-corrected chi connectivity index (χ0v) is 14.6. The van der Waals surface area contributed by atoms with E-state index in [-0.39, 0.29) is 5.91 Å². The number of rotatable bonds is 6. The number of nitrogens with zero attached hydrogens (tertiary/aromatic N) is 2. The van der Waals surface area contributed by atoms with E-state index in [0.717, 1.165) is 16.9 Å². The van der Waals surface area contributed by atoms with Crippen LogP contribution < -0.4 is 16.4 Å². The Morgan fingerprint density at radius 1 is 1.04 bits per heavy atom. The third-order valence-electron chi connectivity index (χ3n) is 3.73. The number of amides is 1. The van der Waals surface area contributed by atoms with Crippen molar-refractivity contribution < 1.29 is 4.79 Å². The molecule has 0 aliphatic rings. The number of nitrogens with one attached hydrogen (secondary N) is 2. The predicted molar refractivity (Wildman–Crippen MR) is 103 cm³/mol. The summed E-state index contributed by atoms with van der Waals surface area (Å²) in [4.78, 5) is 21.0. The molecule has 0 aliphatic carbocycles. The van der Waals surface area contributed by atoms with E-state index in [1.54, 1.807) is 12.1 Å². The van der Waals surface area contributed by atoms with Gasteiger partial charge in [-0.25, -0.2) is 9.97 Å². The highest BCUT2D eigenvalue weighted by Crippen LogP contribution is 2.22. The summed E-state index contributed by atoms with van der Waals surface area (Å²) in [5, 5.41) is 6.01. The van der Waals surface area contributed by atoms with Crippen LogP contribution in [0.2, 0.25) is 0 Å². The second kappa shape index (κ2) is 8.22. The van der Waals surface area contributed by atoms with Gasteiger partial charge in [-0.15, -0.1) is 0 Å². The zero-order chi connectivity index (χ0) is 18.4. The summed E-state index contributed by atoms with van der Waals surface area (Å²) in [6.45, 7) is 2.71. The number of anilines is 2. The Balaban J connectivity index is 1.83. The average Bonchev–Trinajstić information content (AvgIpc) is 2.66. The number of hydrogen-bond acceptors (Lipinski definition) is 5. The van der Waals surface area contributed by atoms with Gasteiger partial charge in [0.2, 0.25) is 0 Å². The molecule has 3 rings (SSSR count). The van der Waals surface area contributed by atoms with Crippen LogP contribution in [-0.2, 0) is 0 Å². The highest BCUT2D eigenvalue weighted by molar-refractivity contribution is 5.95. The first-order chi connectivity index (χ1) is 12.7. The Kier molecular flexibility index (Phi) is 5.56. The molecule has 1 amide bonds. The molecule has 0 saturated heterocycles. The molecule has 1 aromatic heterocycles. The van der Waals surface area contributed by atoms with Gasteiger partial charge in [0.05, 0.1) is 5.69 Å². The van der Waals surface area contributed by atoms with Crippen LogP contribution in [0.3, 0.4) is 0 Å². The molecule has 1 heterocycles. The highest BCUT2D eigenvalue weighted by Gasteiger charge is 2.08. The van der Waals surface area contributed by atoms with Gasteiger partial charge >= 0.3 is 0 Å². The molecule has 132 valence electrons. The van der Waals surface area contributed by atoms with Crippen LogP contribution in [0.4, 0.5) is 11.5 Å². The topological polar surface area (TPSA) is 92.9 Å². The fraction of sp³-hybridized carbons (Fsp3) is 0.150. The molecule has 0 bridgehead atoms. The van der Waals surface area contributed by atoms with Crippen LogP contribution in [-0.4, -0.2) is 29.0 Å². The van der Waals surface area contributed by atoms with Crippen molar-refractivity contribution in [3.8, 4) is 11.3 Å². The molecule has 0 fully saturated rings. The number of aryl methyl sites for hydroxylation is 1. The van der Waals surface area contributed by atoms with Crippen LogP contribution in [0.25, 0.3) is 11.3 Å². The van der Waals surface area contributed by atoms with Crippen LogP contribution in [0.15, 0.2) is 60.7 Å². The first-order valence-electron chi connectivity index (χ1n) is 8.42. The van der Waals surface area contributed by atoms with E-state index in [4.69, 9.17) is 5.73 Å². The molecule has 4 N–H and O–H groups in total. The number of aromatic nitrogens is 2. The molecule has 0 saturated carbocycles. The molecule has 2 aromatic carbocycles. The van der Waals surface area contributed by atoms with E-state index in [2.05, 4.69) is 20.6 Å². The zero-order valence-electron chi connectivity index (χ0n) is 14.6. The second-order valence-electron chi connectivity index (χ2n) is 5.80. The van der Waals surface area contributed by atoms with Gasteiger partial charge in [0, 0.05) is 36.0 Å². The van der Waals surface area contributed by atoms with Crippen LogP contribution in [0.1, 0.15) is 16.2 Å². The van der Waals surface area contributed by atoms with E-state index >= 15 is 0 Å². The van der Waals surface area contributed by atoms with E-state index in [9.17, 15) is 4.79 Å². The van der Waals surface area contributed by atoms with Crippen molar-refractivity contribution in [3.05, 3.63) is 72.1 Å². The Bertz CT molecular complexity index is 896. The monoisotopic (exact) mass is 347 g/mol. The molecule has 0 unspecified atom stereocenters. The molecule has 0 aliphatic heterocycles. The van der Waals surface area contributed by atoms with Crippen molar-refractivity contribution in [2.24, 2.45) is 5.73 Å². The number of carbonyl (C=O) groups excluding carboxylic acids is 1. The second-order valence-corrected chi connectivity index (χ2v) is 5.80. The minimum absolute atomic E-state index is 0.150. The number of benzene rings is 2. The van der Waals surface area contributed by atoms with E-state index < -0.39 is 0 Å². The molecule has 0 atom stereocenters. The number of nitrogens with two attached hydrogens (primary N) is 1. The lowest BCUT2D eigenvalue weighted by atomic mass is 10.1. The van der Waals surface area contributed by atoms with Crippen LogP contribution in [0, 0.1) is 6.92 Å². The van der Waals surface area contributed by atoms with Gasteiger partial charge in [-0.05, 0) is 25.1 Å². The van der Waals surface area contributed by atoms with Crippen LogP contribution in [0.5, 0.6) is 0 Å². The first kappa shape index (κ1) is 17.6. The lowest BCUT2D eigenvalue weighted by Crippen LogP contribution is -2.28. The lowest BCUT2D eigenvalue weighted by Gasteiger charge is -2.10. The van der Waals surface area contributed by atoms with Crippen molar-refractivity contribution in [2.45, 2.75) is 6.92 Å². The Labute approximate surface area is 152 Å².